The molecule has 1 aromatic heterocycles. The Labute approximate surface area is 140 Å². The number of nitrogens with one attached hydrogen (secondary N) is 1. The molecule has 2 aromatic rings. The SMILES string of the molecule is C.CCOC(=O)COc1ccc(Cc2nc(N)c(C(N)=O)[nH]2)cc1. The van der Waals surface area contributed by atoms with E-state index in [1.54, 1.807) is 19.1 Å². The van der Waals surface area contributed by atoms with E-state index in [9.17, 15) is 9.59 Å². The highest BCUT2D eigenvalue weighted by Crippen LogP contribution is 2.16. The molecule has 0 unspecified atom stereocenters. The number of amides is 1. The number of hydrogen-bond donors (Lipinski definition) is 3. The number of anilines is 1. The summed E-state index contributed by atoms with van der Waals surface area (Å²) in [4.78, 5) is 29.2. The highest BCUT2D eigenvalue weighted by molar-refractivity contribution is 5.95. The fraction of sp³-hybridized carbons (Fsp3) is 0.312. The second-order valence-corrected chi connectivity index (χ2v) is 4.72. The van der Waals surface area contributed by atoms with E-state index in [0.29, 0.717) is 24.6 Å². The van der Waals surface area contributed by atoms with Crippen LogP contribution in [0.5, 0.6) is 5.75 Å². The minimum absolute atomic E-state index is 0. The molecule has 8 nitrogen and oxygen atoms in total. The van der Waals surface area contributed by atoms with Gasteiger partial charge in [0.1, 0.15) is 17.3 Å². The molecular weight excluding hydrogens is 312 g/mol. The van der Waals surface area contributed by atoms with Gasteiger partial charge in [0.2, 0.25) is 0 Å². The number of imidazole rings is 1. The highest BCUT2D eigenvalue weighted by atomic mass is 16.6. The maximum Gasteiger partial charge on any atom is 0.344 e. The lowest BCUT2D eigenvalue weighted by Gasteiger charge is -2.06. The van der Waals surface area contributed by atoms with Gasteiger partial charge in [-0.25, -0.2) is 9.78 Å². The Bertz CT molecular complexity index is 695. The fourth-order valence-corrected chi connectivity index (χ4v) is 1.95. The van der Waals surface area contributed by atoms with Gasteiger partial charge in [-0.15, -0.1) is 0 Å². The van der Waals surface area contributed by atoms with Gasteiger partial charge in [-0.05, 0) is 24.6 Å². The molecule has 0 spiro atoms. The van der Waals surface area contributed by atoms with Gasteiger partial charge in [-0.2, -0.15) is 0 Å². The molecule has 5 N–H and O–H groups in total. The number of aromatic amines is 1. The number of benzene rings is 1. The van der Waals surface area contributed by atoms with Crippen molar-refractivity contribution >= 4 is 17.7 Å². The van der Waals surface area contributed by atoms with Crippen LogP contribution in [0.1, 0.15) is 36.2 Å². The van der Waals surface area contributed by atoms with Crippen molar-refractivity contribution in [3.63, 3.8) is 0 Å². The Kier molecular flexibility index (Phi) is 6.79. The lowest BCUT2D eigenvalue weighted by molar-refractivity contribution is -0.145. The smallest absolute Gasteiger partial charge is 0.344 e. The predicted molar refractivity (Wildman–Crippen MR) is 89.6 cm³/mol. The van der Waals surface area contributed by atoms with Gasteiger partial charge in [0.25, 0.3) is 5.91 Å². The summed E-state index contributed by atoms with van der Waals surface area (Å²) in [5.74, 6) is 0.113. The first-order valence-corrected chi connectivity index (χ1v) is 7.01. The molecule has 1 aromatic carbocycles. The molecule has 24 heavy (non-hydrogen) atoms. The van der Waals surface area contributed by atoms with Crippen molar-refractivity contribution in [2.75, 3.05) is 18.9 Å². The lowest BCUT2D eigenvalue weighted by Crippen LogP contribution is -2.14. The minimum atomic E-state index is -0.649. The number of nitrogens with zero attached hydrogens (tertiary/aromatic N) is 1. The summed E-state index contributed by atoms with van der Waals surface area (Å²) in [6.07, 6.45) is 0.454. The fourth-order valence-electron chi connectivity index (χ4n) is 1.95. The molecule has 1 heterocycles. The molecule has 0 aliphatic rings. The summed E-state index contributed by atoms with van der Waals surface area (Å²) >= 11 is 0. The quantitative estimate of drug-likeness (QED) is 0.653. The average Bonchev–Trinajstić information content (AvgIpc) is 2.88. The molecule has 0 aliphatic carbocycles. The van der Waals surface area contributed by atoms with Crippen molar-refractivity contribution < 1.29 is 19.1 Å². The number of hydrogen-bond acceptors (Lipinski definition) is 6. The molecule has 1 amide bonds. The van der Waals surface area contributed by atoms with Gasteiger partial charge < -0.3 is 25.9 Å². The molecule has 0 saturated carbocycles. The van der Waals surface area contributed by atoms with Crippen LogP contribution in [0, 0.1) is 0 Å². The number of aromatic nitrogens is 2. The molecule has 0 atom stereocenters. The summed E-state index contributed by atoms with van der Waals surface area (Å²) in [7, 11) is 0. The summed E-state index contributed by atoms with van der Waals surface area (Å²) in [5, 5.41) is 0. The molecular formula is C16H22N4O4. The number of carbonyl (C=O) groups excluding carboxylic acids is 2. The van der Waals surface area contributed by atoms with Crippen molar-refractivity contribution in [2.24, 2.45) is 5.73 Å². The monoisotopic (exact) mass is 334 g/mol. The third kappa shape index (κ3) is 5.01. The number of H-pyrrole nitrogens is 1. The van der Waals surface area contributed by atoms with Crippen molar-refractivity contribution in [3.05, 3.63) is 41.3 Å². The van der Waals surface area contributed by atoms with Gasteiger partial charge in [-0.3, -0.25) is 4.79 Å². The predicted octanol–water partition coefficient (Wildman–Crippen LogP) is 1.26. The second kappa shape index (κ2) is 8.56. The molecule has 0 saturated heterocycles. The Morgan fingerprint density at radius 1 is 1.25 bits per heavy atom. The maximum absolute atomic E-state index is 11.2. The summed E-state index contributed by atoms with van der Waals surface area (Å²) in [5.41, 5.74) is 11.8. The van der Waals surface area contributed by atoms with E-state index < -0.39 is 11.9 Å². The lowest BCUT2D eigenvalue weighted by atomic mass is 10.1. The van der Waals surface area contributed by atoms with E-state index in [4.69, 9.17) is 20.9 Å². The van der Waals surface area contributed by atoms with Gasteiger partial charge >= 0.3 is 5.97 Å². The zero-order chi connectivity index (χ0) is 16.8. The van der Waals surface area contributed by atoms with E-state index in [-0.39, 0.29) is 25.5 Å². The Balaban J connectivity index is 0.00000288. The van der Waals surface area contributed by atoms with E-state index in [1.165, 1.54) is 0 Å². The zero-order valence-corrected chi connectivity index (χ0v) is 12.7. The first-order chi connectivity index (χ1) is 11.0. The zero-order valence-electron chi connectivity index (χ0n) is 12.7. The van der Waals surface area contributed by atoms with Crippen LogP contribution in [0.3, 0.4) is 0 Å². The van der Waals surface area contributed by atoms with Crippen molar-refractivity contribution in [1.82, 2.24) is 9.97 Å². The second-order valence-electron chi connectivity index (χ2n) is 4.72. The largest absolute Gasteiger partial charge is 0.482 e. The van der Waals surface area contributed by atoms with Crippen LogP contribution in [-0.2, 0) is 16.0 Å². The Morgan fingerprint density at radius 2 is 1.92 bits per heavy atom. The van der Waals surface area contributed by atoms with Crippen molar-refractivity contribution in [3.8, 4) is 5.75 Å². The Hall–Kier alpha value is -3.03. The maximum atomic E-state index is 11.2. The number of nitrogen functional groups attached to an aromatic ring is 1. The Morgan fingerprint density at radius 3 is 2.46 bits per heavy atom. The third-order valence-corrected chi connectivity index (χ3v) is 2.98. The third-order valence-electron chi connectivity index (χ3n) is 2.98. The average molecular weight is 334 g/mol. The number of primary amides is 1. The standard InChI is InChI=1S/C15H18N4O4.CH4/c1-2-22-12(20)8-23-10-5-3-9(4-6-10)7-11-18-13(15(17)21)14(16)19-11;/h3-6H,2,7-8,16H2,1H3,(H2,17,21)(H,18,19);1H4. The van der Waals surface area contributed by atoms with Crippen molar-refractivity contribution in [1.29, 1.82) is 0 Å². The molecule has 0 aliphatic heterocycles. The summed E-state index contributed by atoms with van der Waals surface area (Å²) in [6.45, 7) is 1.92. The minimum Gasteiger partial charge on any atom is -0.482 e. The molecule has 130 valence electrons. The van der Waals surface area contributed by atoms with Gasteiger partial charge in [0.15, 0.2) is 12.4 Å². The van der Waals surface area contributed by atoms with Crippen LogP contribution in [0.15, 0.2) is 24.3 Å². The van der Waals surface area contributed by atoms with Crippen LogP contribution in [-0.4, -0.2) is 35.1 Å². The number of nitrogens with two attached hydrogens (primary N) is 2. The van der Waals surface area contributed by atoms with Crippen LogP contribution < -0.4 is 16.2 Å². The first-order valence-electron chi connectivity index (χ1n) is 7.01. The summed E-state index contributed by atoms with van der Waals surface area (Å²) < 4.78 is 10.1. The molecule has 8 heteroatoms. The van der Waals surface area contributed by atoms with Crippen LogP contribution in [0.4, 0.5) is 5.82 Å². The van der Waals surface area contributed by atoms with Gasteiger partial charge in [0.05, 0.1) is 6.61 Å². The molecule has 0 fully saturated rings. The molecule has 2 rings (SSSR count). The van der Waals surface area contributed by atoms with Crippen LogP contribution in [0.25, 0.3) is 0 Å². The summed E-state index contributed by atoms with van der Waals surface area (Å²) in [6, 6.07) is 7.11. The number of ether oxygens (including phenoxy) is 2. The van der Waals surface area contributed by atoms with E-state index in [2.05, 4.69) is 9.97 Å². The van der Waals surface area contributed by atoms with Gasteiger partial charge in [0, 0.05) is 6.42 Å². The van der Waals surface area contributed by atoms with Crippen LogP contribution >= 0.6 is 0 Å². The number of esters is 1. The van der Waals surface area contributed by atoms with E-state index >= 15 is 0 Å². The normalized spacial score (nSPS) is 9.88. The first kappa shape index (κ1) is 19.0. The highest BCUT2D eigenvalue weighted by Gasteiger charge is 2.12. The van der Waals surface area contributed by atoms with Crippen LogP contribution in [0.2, 0.25) is 0 Å². The topological polar surface area (TPSA) is 133 Å². The molecule has 0 bridgehead atoms. The number of carbonyl (C=O) groups is 2. The van der Waals surface area contributed by atoms with E-state index in [1.807, 2.05) is 12.1 Å². The van der Waals surface area contributed by atoms with Gasteiger partial charge in [-0.1, -0.05) is 19.6 Å². The number of rotatable bonds is 7. The van der Waals surface area contributed by atoms with Crippen molar-refractivity contribution in [2.45, 2.75) is 20.8 Å². The molecule has 0 radical (unpaired) electrons. The van der Waals surface area contributed by atoms with E-state index in [0.717, 1.165) is 5.56 Å².